The van der Waals surface area contributed by atoms with Crippen LogP contribution in [-0.2, 0) is 6.42 Å². The van der Waals surface area contributed by atoms with Crippen LogP contribution in [0.1, 0.15) is 42.5 Å². The van der Waals surface area contributed by atoms with Gasteiger partial charge >= 0.3 is 0 Å². The molecule has 1 aromatic rings. The third-order valence-electron chi connectivity index (χ3n) is 2.86. The number of nitrogens with zero attached hydrogens (tertiary/aromatic N) is 2. The Labute approximate surface area is 113 Å². The molecule has 0 fully saturated rings. The molecule has 0 saturated heterocycles. The van der Waals surface area contributed by atoms with Crippen molar-refractivity contribution in [3.05, 3.63) is 23.0 Å². The van der Waals surface area contributed by atoms with Crippen molar-refractivity contribution < 1.29 is 4.79 Å². The third-order valence-corrected chi connectivity index (χ3v) is 3.19. The zero-order chi connectivity index (χ0) is 13.7. The Morgan fingerprint density at radius 1 is 1.44 bits per heavy atom. The van der Waals surface area contributed by atoms with Gasteiger partial charge in [-0.05, 0) is 25.3 Å². The smallest absolute Gasteiger partial charge is 0.253 e. The Balaban J connectivity index is 2.92. The van der Waals surface area contributed by atoms with E-state index in [2.05, 4.69) is 15.5 Å². The highest BCUT2D eigenvalue weighted by atomic mass is 35.5. The van der Waals surface area contributed by atoms with E-state index in [0.717, 1.165) is 11.4 Å². The molecule has 0 spiro atoms. The lowest BCUT2D eigenvalue weighted by atomic mass is 10.0. The van der Waals surface area contributed by atoms with E-state index < -0.39 is 0 Å². The average molecular weight is 270 g/mol. The summed E-state index contributed by atoms with van der Waals surface area (Å²) in [5.74, 6) is 0.583. The Morgan fingerprint density at radius 3 is 2.61 bits per heavy atom. The summed E-state index contributed by atoms with van der Waals surface area (Å²) >= 11 is 5.86. The van der Waals surface area contributed by atoms with E-state index in [4.69, 9.17) is 11.6 Å². The number of hydrogen-bond donors (Lipinski definition) is 1. The second kappa shape index (κ2) is 6.69. The van der Waals surface area contributed by atoms with Crippen LogP contribution < -0.4 is 5.32 Å². The molecule has 5 heteroatoms. The molecule has 1 amide bonds. The van der Waals surface area contributed by atoms with E-state index >= 15 is 0 Å². The molecule has 1 N–H and O–H groups in total. The summed E-state index contributed by atoms with van der Waals surface area (Å²) in [6.45, 7) is 7.84. The zero-order valence-electron chi connectivity index (χ0n) is 11.3. The van der Waals surface area contributed by atoms with Gasteiger partial charge < -0.3 is 5.32 Å². The fourth-order valence-corrected chi connectivity index (χ4v) is 2.03. The molecule has 0 aliphatic carbocycles. The lowest BCUT2D eigenvalue weighted by Gasteiger charge is -2.20. The molecule has 1 unspecified atom stereocenters. The van der Waals surface area contributed by atoms with E-state index in [0.29, 0.717) is 23.8 Å². The van der Waals surface area contributed by atoms with Gasteiger partial charge in [-0.15, -0.1) is 11.6 Å². The molecule has 100 valence electrons. The maximum absolute atomic E-state index is 12.2. The van der Waals surface area contributed by atoms with Crippen LogP contribution in [0.25, 0.3) is 0 Å². The number of aryl methyl sites for hydroxylation is 2. The lowest BCUT2D eigenvalue weighted by molar-refractivity contribution is 0.0929. The second-order valence-corrected chi connectivity index (χ2v) is 4.99. The normalized spacial score (nSPS) is 12.6. The second-order valence-electron chi connectivity index (χ2n) is 4.68. The summed E-state index contributed by atoms with van der Waals surface area (Å²) in [7, 11) is 0. The molecule has 18 heavy (non-hydrogen) atoms. The highest BCUT2D eigenvalue weighted by molar-refractivity contribution is 6.18. The van der Waals surface area contributed by atoms with Gasteiger partial charge in [-0.2, -0.15) is 10.2 Å². The number of halogens is 1. The van der Waals surface area contributed by atoms with Crippen LogP contribution in [0.3, 0.4) is 0 Å². The van der Waals surface area contributed by atoms with Crippen LogP contribution in [-0.4, -0.2) is 28.0 Å². The van der Waals surface area contributed by atoms with Crippen LogP contribution >= 0.6 is 11.6 Å². The first-order valence-corrected chi connectivity index (χ1v) is 6.73. The van der Waals surface area contributed by atoms with Gasteiger partial charge in [0.1, 0.15) is 0 Å². The SMILES string of the molecule is CCc1nnc(C)cc1C(=O)NC(CCl)C(C)C. The molecule has 0 radical (unpaired) electrons. The Morgan fingerprint density at radius 2 is 2.11 bits per heavy atom. The van der Waals surface area contributed by atoms with Gasteiger partial charge in [0.15, 0.2) is 0 Å². The maximum atomic E-state index is 12.2. The van der Waals surface area contributed by atoms with E-state index in [1.807, 2.05) is 27.7 Å². The zero-order valence-corrected chi connectivity index (χ0v) is 12.1. The number of carbonyl (C=O) groups excluding carboxylic acids is 1. The standard InChI is InChI=1S/C13H20ClN3O/c1-5-11-10(6-9(4)16-17-11)13(18)15-12(7-14)8(2)3/h6,8,12H,5,7H2,1-4H3,(H,15,18). The average Bonchev–Trinajstić information content (AvgIpc) is 2.35. The summed E-state index contributed by atoms with van der Waals surface area (Å²) in [5, 5.41) is 11.0. The minimum Gasteiger partial charge on any atom is -0.348 e. The van der Waals surface area contributed by atoms with E-state index in [1.54, 1.807) is 6.07 Å². The third kappa shape index (κ3) is 3.67. The van der Waals surface area contributed by atoms with Gasteiger partial charge in [0.05, 0.1) is 17.0 Å². The van der Waals surface area contributed by atoms with E-state index in [-0.39, 0.29) is 11.9 Å². The predicted molar refractivity (Wildman–Crippen MR) is 73.0 cm³/mol. The first-order valence-electron chi connectivity index (χ1n) is 6.19. The number of aromatic nitrogens is 2. The molecule has 1 aromatic heterocycles. The molecule has 0 bridgehead atoms. The molecule has 0 aliphatic rings. The van der Waals surface area contributed by atoms with Crippen LogP contribution in [0.15, 0.2) is 6.07 Å². The van der Waals surface area contributed by atoms with Crippen molar-refractivity contribution in [2.75, 3.05) is 5.88 Å². The molecule has 0 aliphatic heterocycles. The number of carbonyl (C=O) groups is 1. The largest absolute Gasteiger partial charge is 0.348 e. The minimum absolute atomic E-state index is 0.0302. The van der Waals surface area contributed by atoms with Crippen molar-refractivity contribution in [1.29, 1.82) is 0 Å². The summed E-state index contributed by atoms with van der Waals surface area (Å²) in [5.41, 5.74) is 2.06. The Kier molecular flexibility index (Phi) is 5.54. The van der Waals surface area contributed by atoms with Gasteiger partial charge in [-0.1, -0.05) is 20.8 Å². The van der Waals surface area contributed by atoms with Gasteiger partial charge in [0, 0.05) is 11.9 Å². The quantitative estimate of drug-likeness (QED) is 0.835. The van der Waals surface area contributed by atoms with Gasteiger partial charge in [-0.3, -0.25) is 4.79 Å². The number of rotatable bonds is 5. The van der Waals surface area contributed by atoms with E-state index in [1.165, 1.54) is 0 Å². The summed E-state index contributed by atoms with van der Waals surface area (Å²) in [6.07, 6.45) is 0.684. The molecule has 1 rings (SSSR count). The Bertz CT molecular complexity index is 421. The number of hydrogen-bond acceptors (Lipinski definition) is 3. The van der Waals surface area contributed by atoms with E-state index in [9.17, 15) is 4.79 Å². The summed E-state index contributed by atoms with van der Waals surface area (Å²) in [6, 6.07) is 1.74. The minimum atomic E-state index is -0.121. The van der Waals surface area contributed by atoms with Crippen molar-refractivity contribution in [1.82, 2.24) is 15.5 Å². The molecule has 0 saturated carbocycles. The fourth-order valence-electron chi connectivity index (χ4n) is 1.60. The van der Waals surface area contributed by atoms with Crippen molar-refractivity contribution in [3.63, 3.8) is 0 Å². The molecular weight excluding hydrogens is 250 g/mol. The number of nitrogens with one attached hydrogen (secondary N) is 1. The molecular formula is C13H20ClN3O. The molecule has 0 aromatic carbocycles. The number of alkyl halides is 1. The molecule has 1 heterocycles. The van der Waals surface area contributed by atoms with Crippen LogP contribution in [0.4, 0.5) is 0 Å². The highest BCUT2D eigenvalue weighted by Gasteiger charge is 2.18. The predicted octanol–water partition coefficient (Wildman–Crippen LogP) is 2.34. The van der Waals surface area contributed by atoms with Crippen LogP contribution in [0.2, 0.25) is 0 Å². The van der Waals surface area contributed by atoms with Crippen LogP contribution in [0.5, 0.6) is 0 Å². The Hall–Kier alpha value is -1.16. The van der Waals surface area contributed by atoms with Gasteiger partial charge in [-0.25, -0.2) is 0 Å². The summed E-state index contributed by atoms with van der Waals surface area (Å²) in [4.78, 5) is 12.2. The van der Waals surface area contributed by atoms with Gasteiger partial charge in [0.25, 0.3) is 5.91 Å². The first-order chi connectivity index (χ1) is 8.49. The monoisotopic (exact) mass is 269 g/mol. The maximum Gasteiger partial charge on any atom is 0.253 e. The lowest BCUT2D eigenvalue weighted by Crippen LogP contribution is -2.40. The summed E-state index contributed by atoms with van der Waals surface area (Å²) < 4.78 is 0. The first kappa shape index (κ1) is 14.9. The van der Waals surface area contributed by atoms with Crippen molar-refractivity contribution in [3.8, 4) is 0 Å². The topological polar surface area (TPSA) is 54.9 Å². The van der Waals surface area contributed by atoms with Crippen molar-refractivity contribution in [2.45, 2.75) is 40.2 Å². The van der Waals surface area contributed by atoms with Crippen molar-refractivity contribution in [2.24, 2.45) is 5.92 Å². The molecule has 1 atom stereocenters. The molecule has 4 nitrogen and oxygen atoms in total. The van der Waals surface area contributed by atoms with Crippen LogP contribution in [0, 0.1) is 12.8 Å². The van der Waals surface area contributed by atoms with Crippen molar-refractivity contribution >= 4 is 17.5 Å². The van der Waals surface area contributed by atoms with Gasteiger partial charge in [0.2, 0.25) is 0 Å². The highest BCUT2D eigenvalue weighted by Crippen LogP contribution is 2.10. The fraction of sp³-hybridized carbons (Fsp3) is 0.615. The number of amides is 1.